The third-order valence-corrected chi connectivity index (χ3v) is 11.2. The van der Waals surface area contributed by atoms with Crippen LogP contribution < -0.4 is 14.4 Å². The molecule has 4 heterocycles. The highest BCUT2D eigenvalue weighted by atomic mass is 16.7. The number of fused-ring (bicyclic) bond motifs is 3. The number of phenols is 1. The van der Waals surface area contributed by atoms with Gasteiger partial charge in [-0.05, 0) is 80.1 Å². The quantitative estimate of drug-likeness (QED) is 0.186. The average molecular weight is 734 g/mol. The fourth-order valence-corrected chi connectivity index (χ4v) is 8.12. The van der Waals surface area contributed by atoms with Gasteiger partial charge >= 0.3 is 0 Å². The summed E-state index contributed by atoms with van der Waals surface area (Å²) in [5.41, 5.74) is 7.11. The molecule has 55 heavy (non-hydrogen) atoms. The Balaban J connectivity index is 1.15. The summed E-state index contributed by atoms with van der Waals surface area (Å²) in [6.07, 6.45) is 2.60. The van der Waals surface area contributed by atoms with Crippen LogP contribution in [-0.2, 0) is 13.0 Å². The number of ether oxygens (including phenoxy) is 2. The van der Waals surface area contributed by atoms with Crippen LogP contribution in [0.2, 0.25) is 0 Å². The number of aromatic hydroxyl groups is 1. The molecule has 10 heteroatoms. The van der Waals surface area contributed by atoms with Crippen LogP contribution in [-0.4, -0.2) is 88.8 Å². The van der Waals surface area contributed by atoms with Crippen LogP contribution in [0.15, 0.2) is 115 Å². The smallest absolute Gasteiger partial charge is 0.265 e. The number of hydrogen-bond acceptors (Lipinski definition) is 7. The van der Waals surface area contributed by atoms with Gasteiger partial charge in [0.25, 0.3) is 11.8 Å². The van der Waals surface area contributed by atoms with Crippen molar-refractivity contribution in [2.75, 3.05) is 51.5 Å². The van der Waals surface area contributed by atoms with Gasteiger partial charge in [-0.15, -0.1) is 0 Å². The van der Waals surface area contributed by atoms with E-state index in [9.17, 15) is 9.90 Å². The maximum absolute atomic E-state index is 15.2. The van der Waals surface area contributed by atoms with Crippen molar-refractivity contribution in [1.29, 1.82) is 0 Å². The number of para-hydroxylation sites is 1. The van der Waals surface area contributed by atoms with Gasteiger partial charge in [-0.2, -0.15) is 0 Å². The van der Waals surface area contributed by atoms with Crippen LogP contribution in [0.3, 0.4) is 0 Å². The zero-order valence-electron chi connectivity index (χ0n) is 31.0. The molecule has 0 aliphatic carbocycles. The number of carbonyl (C=O) groups is 2. The first-order chi connectivity index (χ1) is 26.8. The number of phenolic OH excluding ortho intramolecular Hbond substituents is 1. The molecule has 0 saturated carbocycles. The zero-order valence-corrected chi connectivity index (χ0v) is 31.0. The lowest BCUT2D eigenvalue weighted by molar-refractivity contribution is 0.0535. The summed E-state index contributed by atoms with van der Waals surface area (Å²) in [5.74, 6) is 0.821. The molecular formula is C45H43N5O5. The first-order valence-corrected chi connectivity index (χ1v) is 18.8. The van der Waals surface area contributed by atoms with Gasteiger partial charge in [0.15, 0.2) is 11.5 Å². The van der Waals surface area contributed by atoms with Gasteiger partial charge in [-0.3, -0.25) is 19.4 Å². The summed E-state index contributed by atoms with van der Waals surface area (Å²) < 4.78 is 13.7. The lowest BCUT2D eigenvalue weighted by atomic mass is 9.92. The Morgan fingerprint density at radius 2 is 1.44 bits per heavy atom. The summed E-state index contributed by atoms with van der Waals surface area (Å²) >= 11 is 0. The number of aryl methyl sites for hydroxylation is 1. The maximum Gasteiger partial charge on any atom is 0.265 e. The molecule has 3 aliphatic heterocycles. The molecule has 1 fully saturated rings. The lowest BCUT2D eigenvalue weighted by Gasteiger charge is -2.41. The molecule has 0 spiro atoms. The highest BCUT2D eigenvalue weighted by molar-refractivity contribution is 6.17. The monoisotopic (exact) mass is 733 g/mol. The second kappa shape index (κ2) is 14.3. The number of piperazine rings is 1. The minimum absolute atomic E-state index is 0.0315. The Bertz CT molecular complexity index is 2350. The normalized spacial score (nSPS) is 17.0. The number of nitrogens with zero attached hydrogens (tertiary/aromatic N) is 5. The average Bonchev–Trinajstić information content (AvgIpc) is 3.84. The molecule has 0 radical (unpaired) electrons. The Hall–Kier alpha value is -6.10. The van der Waals surface area contributed by atoms with Gasteiger partial charge < -0.3 is 28.9 Å². The summed E-state index contributed by atoms with van der Waals surface area (Å²) in [4.78, 5) is 38.6. The van der Waals surface area contributed by atoms with E-state index < -0.39 is 0 Å². The van der Waals surface area contributed by atoms with E-state index in [4.69, 9.17) is 9.47 Å². The van der Waals surface area contributed by atoms with Crippen LogP contribution >= 0.6 is 0 Å². The highest BCUT2D eigenvalue weighted by Crippen LogP contribution is 2.40. The molecular weight excluding hydrogens is 691 g/mol. The first kappa shape index (κ1) is 34.7. The molecule has 10 nitrogen and oxygen atoms in total. The van der Waals surface area contributed by atoms with Crippen LogP contribution in [0.5, 0.6) is 17.2 Å². The van der Waals surface area contributed by atoms with E-state index in [0.29, 0.717) is 46.2 Å². The minimum atomic E-state index is -0.252. The lowest BCUT2D eigenvalue weighted by Crippen LogP contribution is -2.53. The summed E-state index contributed by atoms with van der Waals surface area (Å²) in [6.45, 7) is 7.26. The molecule has 1 atom stereocenters. The topological polar surface area (TPSA) is 90.7 Å². The summed E-state index contributed by atoms with van der Waals surface area (Å²) in [5, 5.41) is 10.8. The Labute approximate surface area is 320 Å². The van der Waals surface area contributed by atoms with E-state index in [1.165, 1.54) is 5.56 Å². The van der Waals surface area contributed by atoms with Crippen molar-refractivity contribution >= 4 is 34.1 Å². The number of rotatable bonds is 7. The highest BCUT2D eigenvalue weighted by Gasteiger charge is 2.35. The summed E-state index contributed by atoms with van der Waals surface area (Å²) in [7, 11) is 2.16. The number of amides is 2. The van der Waals surface area contributed by atoms with Crippen molar-refractivity contribution in [3.05, 3.63) is 143 Å². The van der Waals surface area contributed by atoms with E-state index in [0.717, 1.165) is 61.2 Å². The van der Waals surface area contributed by atoms with E-state index in [2.05, 4.69) is 35.0 Å². The Morgan fingerprint density at radius 1 is 0.782 bits per heavy atom. The molecule has 0 bridgehead atoms. The van der Waals surface area contributed by atoms with Gasteiger partial charge in [0.2, 0.25) is 6.79 Å². The SMILES string of the molecule is Cc1ccc(N(C(=O)c2cn(-c3cc4c(cc3C(=O)N3Cc5ccccc5C[C@H]3CN3CCN(C)CC3)OCO4)c3ccccc23)c2ccc(O)cc2)cc1. The predicted octanol–water partition coefficient (Wildman–Crippen LogP) is 7.17. The van der Waals surface area contributed by atoms with Crippen molar-refractivity contribution in [2.45, 2.75) is 25.9 Å². The van der Waals surface area contributed by atoms with Gasteiger partial charge in [-0.1, -0.05) is 60.2 Å². The molecule has 1 aromatic heterocycles. The second-order valence-electron chi connectivity index (χ2n) is 14.8. The molecule has 6 aromatic rings. The molecule has 1 saturated heterocycles. The molecule has 5 aromatic carbocycles. The maximum atomic E-state index is 15.2. The van der Waals surface area contributed by atoms with Gasteiger partial charge in [0.05, 0.1) is 22.3 Å². The standard InChI is InChI=1S/C45H43N5O5/c1-30-11-13-33(14-12-30)50(34-15-17-36(51)18-16-34)45(53)39-28-49(40-10-6-5-9-37(39)40)41-25-43-42(54-29-55-43)24-38(41)44(52)48-26-32-8-4-3-7-31(32)23-35(48)27-47-21-19-46(2)20-22-47/h3-18,24-25,28,35,51H,19-23,26-27,29H2,1-2H3/t35-/m0/s1. The zero-order chi connectivity index (χ0) is 37.6. The fourth-order valence-electron chi connectivity index (χ4n) is 8.12. The molecule has 3 aliphatic rings. The van der Waals surface area contributed by atoms with Crippen molar-refractivity contribution in [2.24, 2.45) is 0 Å². The third kappa shape index (κ3) is 6.57. The van der Waals surface area contributed by atoms with Crippen LogP contribution in [0, 0.1) is 6.92 Å². The van der Waals surface area contributed by atoms with E-state index >= 15 is 4.79 Å². The Kier molecular flexibility index (Phi) is 9.00. The van der Waals surface area contributed by atoms with Crippen molar-refractivity contribution in [1.82, 2.24) is 19.3 Å². The number of anilines is 2. The number of likely N-dealkylation sites (N-methyl/N-ethyl adjacent to an activating group) is 1. The number of hydrogen-bond donors (Lipinski definition) is 1. The van der Waals surface area contributed by atoms with E-state index in [1.807, 2.05) is 83.3 Å². The minimum Gasteiger partial charge on any atom is -0.508 e. The number of aromatic nitrogens is 1. The molecule has 9 rings (SSSR count). The number of benzene rings is 5. The van der Waals surface area contributed by atoms with Crippen molar-refractivity contribution in [3.8, 4) is 22.9 Å². The van der Waals surface area contributed by atoms with E-state index in [-0.39, 0.29) is 30.4 Å². The predicted molar refractivity (Wildman–Crippen MR) is 213 cm³/mol. The van der Waals surface area contributed by atoms with Crippen molar-refractivity contribution < 1.29 is 24.2 Å². The fraction of sp³-hybridized carbons (Fsp3) is 0.244. The Morgan fingerprint density at radius 3 is 2.18 bits per heavy atom. The largest absolute Gasteiger partial charge is 0.508 e. The second-order valence-corrected chi connectivity index (χ2v) is 14.8. The van der Waals surface area contributed by atoms with Crippen LogP contribution in [0.25, 0.3) is 16.6 Å². The van der Waals surface area contributed by atoms with Gasteiger partial charge in [0, 0.05) is 74.3 Å². The molecule has 278 valence electrons. The van der Waals surface area contributed by atoms with E-state index in [1.54, 1.807) is 35.2 Å². The van der Waals surface area contributed by atoms with Gasteiger partial charge in [0.1, 0.15) is 5.75 Å². The van der Waals surface area contributed by atoms with Crippen molar-refractivity contribution in [3.63, 3.8) is 0 Å². The number of carbonyl (C=O) groups excluding carboxylic acids is 2. The van der Waals surface area contributed by atoms with Crippen LogP contribution in [0.1, 0.15) is 37.4 Å². The molecule has 0 unspecified atom stereocenters. The third-order valence-electron chi connectivity index (χ3n) is 11.2. The summed E-state index contributed by atoms with van der Waals surface area (Å²) in [6, 6.07) is 34.2. The molecule has 2 amide bonds. The van der Waals surface area contributed by atoms with Crippen LogP contribution in [0.4, 0.5) is 11.4 Å². The van der Waals surface area contributed by atoms with Gasteiger partial charge in [-0.25, -0.2) is 0 Å². The first-order valence-electron chi connectivity index (χ1n) is 18.8. The molecule has 1 N–H and O–H groups in total.